The van der Waals surface area contributed by atoms with E-state index in [-0.39, 0.29) is 35.3 Å². The van der Waals surface area contributed by atoms with Crippen molar-refractivity contribution in [2.24, 2.45) is 0 Å². The van der Waals surface area contributed by atoms with E-state index in [2.05, 4.69) is 4.90 Å². The molecule has 0 radical (unpaired) electrons. The van der Waals surface area contributed by atoms with Crippen molar-refractivity contribution in [2.75, 3.05) is 18.0 Å². The predicted molar refractivity (Wildman–Crippen MR) is 115 cm³/mol. The molecule has 0 aliphatic carbocycles. The second kappa shape index (κ2) is 9.26. The number of hydrogen-bond acceptors (Lipinski definition) is 6. The molecule has 0 saturated carbocycles. The van der Waals surface area contributed by atoms with Crippen LogP contribution in [0.1, 0.15) is 41.1 Å². The summed E-state index contributed by atoms with van der Waals surface area (Å²) in [6.07, 6.45) is 5.03. The third-order valence-corrected chi connectivity index (χ3v) is 5.59. The Labute approximate surface area is 184 Å². The fourth-order valence-electron chi connectivity index (χ4n) is 3.68. The molecule has 0 spiro atoms. The highest BCUT2D eigenvalue weighted by atomic mass is 35.5. The molecule has 0 atom stereocenters. The van der Waals surface area contributed by atoms with E-state index >= 15 is 0 Å². The van der Waals surface area contributed by atoms with Crippen molar-refractivity contribution in [2.45, 2.75) is 32.4 Å². The van der Waals surface area contributed by atoms with Crippen LogP contribution in [0.2, 0.25) is 5.02 Å². The van der Waals surface area contributed by atoms with Gasteiger partial charge in [-0.05, 0) is 49.6 Å². The minimum Gasteiger partial charge on any atom is -0.467 e. The SMILES string of the molecule is O=C(c1ccc(Cl)c([N+](=O)[O-])c1)N(Cc1ccco1)Cc1ccc(N2CCCCC2)o1. The standard InChI is InChI=1S/C22H22ClN3O5/c23-19-8-6-16(13-20(19)26(28)29)22(27)25(14-17-5-4-12-30-17)15-18-7-9-21(31-18)24-10-2-1-3-11-24/h4-9,12-13H,1-3,10-11,14-15H2. The first-order valence-corrected chi connectivity index (χ1v) is 10.5. The monoisotopic (exact) mass is 443 g/mol. The Hall–Kier alpha value is -3.26. The van der Waals surface area contributed by atoms with Gasteiger partial charge in [-0.2, -0.15) is 0 Å². The Bertz CT molecular complexity index is 1060. The molecule has 1 aromatic carbocycles. The number of nitro benzene ring substituents is 1. The van der Waals surface area contributed by atoms with Gasteiger partial charge in [0.25, 0.3) is 11.6 Å². The molecule has 9 heteroatoms. The van der Waals surface area contributed by atoms with E-state index < -0.39 is 4.92 Å². The maximum atomic E-state index is 13.2. The van der Waals surface area contributed by atoms with Gasteiger partial charge in [-0.3, -0.25) is 14.9 Å². The normalized spacial score (nSPS) is 13.9. The van der Waals surface area contributed by atoms with Gasteiger partial charge in [-0.15, -0.1) is 0 Å². The van der Waals surface area contributed by atoms with Crippen molar-refractivity contribution in [1.82, 2.24) is 4.90 Å². The van der Waals surface area contributed by atoms with Gasteiger partial charge in [-0.1, -0.05) is 11.6 Å². The summed E-state index contributed by atoms with van der Waals surface area (Å²) in [5.41, 5.74) is -0.138. The summed E-state index contributed by atoms with van der Waals surface area (Å²) in [6, 6.07) is 11.3. The van der Waals surface area contributed by atoms with Crippen LogP contribution in [-0.2, 0) is 13.1 Å². The van der Waals surface area contributed by atoms with Gasteiger partial charge in [-0.25, -0.2) is 0 Å². The Morgan fingerprint density at radius 2 is 1.87 bits per heavy atom. The second-order valence-electron chi connectivity index (χ2n) is 7.45. The summed E-state index contributed by atoms with van der Waals surface area (Å²) >= 11 is 5.90. The molecule has 0 N–H and O–H groups in total. The molecular weight excluding hydrogens is 422 g/mol. The van der Waals surface area contributed by atoms with E-state index in [1.54, 1.807) is 12.1 Å². The van der Waals surface area contributed by atoms with Crippen LogP contribution < -0.4 is 4.90 Å². The number of rotatable bonds is 7. The molecule has 1 saturated heterocycles. The zero-order chi connectivity index (χ0) is 21.8. The second-order valence-corrected chi connectivity index (χ2v) is 7.86. The molecule has 1 amide bonds. The van der Waals surface area contributed by atoms with Crippen LogP contribution in [0.15, 0.2) is 57.6 Å². The fourth-order valence-corrected chi connectivity index (χ4v) is 3.87. The van der Waals surface area contributed by atoms with Crippen LogP contribution in [0, 0.1) is 10.1 Å². The zero-order valence-electron chi connectivity index (χ0n) is 16.8. The number of benzene rings is 1. The summed E-state index contributed by atoms with van der Waals surface area (Å²) in [5.74, 6) is 1.64. The first-order chi connectivity index (χ1) is 15.0. The van der Waals surface area contributed by atoms with Crippen LogP contribution in [0.3, 0.4) is 0 Å². The Morgan fingerprint density at radius 3 is 2.58 bits per heavy atom. The van der Waals surface area contributed by atoms with Crippen LogP contribution in [0.4, 0.5) is 11.6 Å². The smallest absolute Gasteiger partial charge is 0.288 e. The van der Waals surface area contributed by atoms with Crippen molar-refractivity contribution < 1.29 is 18.6 Å². The van der Waals surface area contributed by atoms with Gasteiger partial charge < -0.3 is 18.6 Å². The van der Waals surface area contributed by atoms with Gasteiger partial charge in [0, 0.05) is 30.8 Å². The molecule has 162 valence electrons. The third-order valence-electron chi connectivity index (χ3n) is 5.27. The molecule has 1 aliphatic heterocycles. The van der Waals surface area contributed by atoms with Crippen LogP contribution in [0.25, 0.3) is 0 Å². The highest BCUT2D eigenvalue weighted by Gasteiger charge is 2.23. The topological polar surface area (TPSA) is 93.0 Å². The molecule has 2 aromatic heterocycles. The molecule has 0 unspecified atom stereocenters. The minimum atomic E-state index is -0.604. The predicted octanol–water partition coefficient (Wildman–Crippen LogP) is 5.27. The molecule has 8 nitrogen and oxygen atoms in total. The lowest BCUT2D eigenvalue weighted by Crippen LogP contribution is -2.30. The van der Waals surface area contributed by atoms with E-state index in [4.69, 9.17) is 20.4 Å². The molecule has 3 aromatic rings. The number of nitro groups is 1. The lowest BCUT2D eigenvalue weighted by molar-refractivity contribution is -0.384. The summed E-state index contributed by atoms with van der Waals surface area (Å²) in [6.45, 7) is 2.30. The Kier molecular flexibility index (Phi) is 6.27. The number of amides is 1. The minimum absolute atomic E-state index is 0.0173. The third kappa shape index (κ3) is 4.91. The Morgan fingerprint density at radius 1 is 1.10 bits per heavy atom. The maximum absolute atomic E-state index is 13.2. The number of nitrogens with zero attached hydrogens (tertiary/aromatic N) is 3. The van der Waals surface area contributed by atoms with E-state index in [1.807, 2.05) is 12.1 Å². The number of hydrogen-bond donors (Lipinski definition) is 0. The summed E-state index contributed by atoms with van der Waals surface area (Å²) < 4.78 is 11.4. The van der Waals surface area contributed by atoms with E-state index in [1.165, 1.54) is 35.8 Å². The molecule has 1 fully saturated rings. The quantitative estimate of drug-likeness (QED) is 0.365. The number of halogens is 1. The van der Waals surface area contributed by atoms with Crippen molar-refractivity contribution in [3.8, 4) is 0 Å². The summed E-state index contributed by atoms with van der Waals surface area (Å²) in [7, 11) is 0. The number of piperidine rings is 1. The van der Waals surface area contributed by atoms with Crippen LogP contribution >= 0.6 is 11.6 Å². The highest BCUT2D eigenvalue weighted by Crippen LogP contribution is 2.27. The van der Waals surface area contributed by atoms with Crippen molar-refractivity contribution in [3.63, 3.8) is 0 Å². The first-order valence-electron chi connectivity index (χ1n) is 10.1. The summed E-state index contributed by atoms with van der Waals surface area (Å²) in [4.78, 5) is 27.6. The van der Waals surface area contributed by atoms with Gasteiger partial charge in [0.2, 0.25) is 0 Å². The fraction of sp³-hybridized carbons (Fsp3) is 0.318. The molecule has 0 bridgehead atoms. The van der Waals surface area contributed by atoms with Gasteiger partial charge in [0.05, 0.1) is 24.3 Å². The van der Waals surface area contributed by atoms with Gasteiger partial charge >= 0.3 is 0 Å². The molecule has 4 rings (SSSR count). The zero-order valence-corrected chi connectivity index (χ0v) is 17.6. The van der Waals surface area contributed by atoms with Crippen LogP contribution in [-0.4, -0.2) is 28.8 Å². The van der Waals surface area contributed by atoms with Crippen molar-refractivity contribution in [1.29, 1.82) is 0 Å². The first kappa shape index (κ1) is 21.0. The molecule has 1 aliphatic rings. The average Bonchev–Trinajstić information content (AvgIpc) is 3.46. The summed E-state index contributed by atoms with van der Waals surface area (Å²) in [5, 5.41) is 11.2. The molecule has 3 heterocycles. The lowest BCUT2D eigenvalue weighted by atomic mass is 10.1. The number of anilines is 1. The van der Waals surface area contributed by atoms with Crippen molar-refractivity contribution >= 4 is 29.1 Å². The maximum Gasteiger partial charge on any atom is 0.288 e. The van der Waals surface area contributed by atoms with E-state index in [0.29, 0.717) is 11.5 Å². The Balaban J connectivity index is 1.57. The lowest BCUT2D eigenvalue weighted by Gasteiger charge is -2.26. The largest absolute Gasteiger partial charge is 0.467 e. The van der Waals surface area contributed by atoms with Crippen molar-refractivity contribution in [3.05, 3.63) is 80.9 Å². The molecule has 31 heavy (non-hydrogen) atoms. The number of carbonyl (C=O) groups excluding carboxylic acids is 1. The van der Waals surface area contributed by atoms with Gasteiger partial charge in [0.15, 0.2) is 5.88 Å². The number of furan rings is 2. The molecular formula is C22H22ClN3O5. The van der Waals surface area contributed by atoms with Gasteiger partial charge in [0.1, 0.15) is 16.5 Å². The van der Waals surface area contributed by atoms with Crippen LogP contribution in [0.5, 0.6) is 0 Å². The number of carbonyl (C=O) groups is 1. The van der Waals surface area contributed by atoms with E-state index in [0.717, 1.165) is 31.8 Å². The van der Waals surface area contributed by atoms with E-state index in [9.17, 15) is 14.9 Å². The average molecular weight is 444 g/mol. The highest BCUT2D eigenvalue weighted by molar-refractivity contribution is 6.32.